The van der Waals surface area contributed by atoms with Crippen LogP contribution in [0.3, 0.4) is 0 Å². The molecule has 10 nitrogen and oxygen atoms in total. The Labute approximate surface area is 212 Å². The van der Waals surface area contributed by atoms with Crippen LogP contribution in [0.15, 0.2) is 60.0 Å². The zero-order chi connectivity index (χ0) is 25.5. The Hall–Kier alpha value is -3.25. The van der Waals surface area contributed by atoms with Gasteiger partial charge in [-0.25, -0.2) is 4.98 Å². The van der Waals surface area contributed by atoms with Crippen LogP contribution in [0.25, 0.3) is 0 Å². The van der Waals surface area contributed by atoms with Gasteiger partial charge in [0, 0.05) is 30.3 Å². The van der Waals surface area contributed by atoms with Crippen LogP contribution in [0.2, 0.25) is 0 Å². The number of anilines is 1. The lowest BCUT2D eigenvalue weighted by atomic mass is 10.0. The number of aromatic amines is 1. The van der Waals surface area contributed by atoms with Crippen molar-refractivity contribution in [3.63, 3.8) is 0 Å². The topological polar surface area (TPSA) is 136 Å². The van der Waals surface area contributed by atoms with Crippen LogP contribution in [0, 0.1) is 0 Å². The van der Waals surface area contributed by atoms with Crippen LogP contribution >= 0.6 is 11.8 Å². The predicted molar refractivity (Wildman–Crippen MR) is 132 cm³/mol. The second-order valence-corrected chi connectivity index (χ2v) is 9.33. The number of aromatic nitrogens is 3. The van der Waals surface area contributed by atoms with Crippen LogP contribution in [0.4, 0.5) is 5.69 Å². The number of nitrogens with one attached hydrogen (secondary N) is 2. The highest BCUT2D eigenvalue weighted by molar-refractivity contribution is 7.99. The van der Waals surface area contributed by atoms with E-state index in [1.165, 1.54) is 31.9 Å². The smallest absolute Gasteiger partial charge is 0.303 e. The summed E-state index contributed by atoms with van der Waals surface area (Å²) in [6.07, 6.45) is 0.111. The Bertz CT molecular complexity index is 1160. The molecule has 36 heavy (non-hydrogen) atoms. The number of nitrogens with zero attached hydrogens (tertiary/aromatic N) is 2. The van der Waals surface area contributed by atoms with Gasteiger partial charge in [-0.15, -0.1) is 0 Å². The van der Waals surface area contributed by atoms with Crippen LogP contribution in [-0.2, 0) is 30.4 Å². The summed E-state index contributed by atoms with van der Waals surface area (Å²) in [5.74, 6) is -0.324. The van der Waals surface area contributed by atoms with Crippen molar-refractivity contribution in [3.8, 4) is 0 Å². The molecule has 0 saturated carbocycles. The fourth-order valence-electron chi connectivity index (χ4n) is 3.77. The Morgan fingerprint density at radius 1 is 1.22 bits per heavy atom. The monoisotopic (exact) mass is 512 g/mol. The molecule has 3 aromatic rings. The van der Waals surface area contributed by atoms with E-state index in [0.29, 0.717) is 23.0 Å². The van der Waals surface area contributed by atoms with Crippen LogP contribution in [0.5, 0.6) is 0 Å². The number of esters is 1. The Balaban J connectivity index is 1.51. The van der Waals surface area contributed by atoms with Gasteiger partial charge in [-0.3, -0.25) is 14.7 Å². The molecule has 0 unspecified atom stereocenters. The van der Waals surface area contributed by atoms with Crippen molar-refractivity contribution in [1.82, 2.24) is 15.2 Å². The molecule has 1 amide bonds. The SMILES string of the molecule is CC(=O)O[C@@H](C)C(=O)Nc1cccc([C@H]2O[C@@H](CSc3ncn[nH]3)C[C@@H](c3ccc(CO)cc3)O2)c1. The van der Waals surface area contributed by atoms with E-state index in [0.717, 1.165) is 16.7 Å². The van der Waals surface area contributed by atoms with E-state index in [4.69, 9.17) is 14.2 Å². The molecule has 0 spiro atoms. The lowest BCUT2D eigenvalue weighted by molar-refractivity contribution is -0.245. The third-order valence-electron chi connectivity index (χ3n) is 5.55. The van der Waals surface area contributed by atoms with Gasteiger partial charge in [0.25, 0.3) is 5.91 Å². The quantitative estimate of drug-likeness (QED) is 0.291. The molecule has 4 atom stereocenters. The third kappa shape index (κ3) is 6.91. The normalized spacial score (nSPS) is 20.5. The zero-order valence-corrected chi connectivity index (χ0v) is 20.7. The van der Waals surface area contributed by atoms with E-state index >= 15 is 0 Å². The minimum Gasteiger partial charge on any atom is -0.453 e. The van der Waals surface area contributed by atoms with Crippen molar-refractivity contribution < 1.29 is 28.9 Å². The average Bonchev–Trinajstić information content (AvgIpc) is 3.41. The summed E-state index contributed by atoms with van der Waals surface area (Å²) in [7, 11) is 0. The maximum atomic E-state index is 12.4. The van der Waals surface area contributed by atoms with Gasteiger partial charge in [-0.05, 0) is 30.2 Å². The standard InChI is InChI=1S/C25H28N4O6S/c1-15(33-16(2)31)23(32)28-20-5-3-4-19(10-20)24-34-21(13-36-25-26-14-27-29-25)11-22(35-24)18-8-6-17(12-30)7-9-18/h3-10,14-15,21-22,24,30H,11-13H2,1-2H3,(H,28,32)(H,26,27,29)/t15-,21+,22-,24-/m0/s1. The molecule has 2 aromatic carbocycles. The number of hydrogen-bond acceptors (Lipinski definition) is 9. The first-order valence-electron chi connectivity index (χ1n) is 11.5. The number of aliphatic hydroxyl groups excluding tert-OH is 1. The minimum atomic E-state index is -0.919. The van der Waals surface area contributed by atoms with Crippen molar-refractivity contribution in [3.05, 3.63) is 71.5 Å². The van der Waals surface area contributed by atoms with Gasteiger partial charge >= 0.3 is 5.97 Å². The number of ether oxygens (including phenoxy) is 3. The van der Waals surface area contributed by atoms with Gasteiger partial charge in [0.15, 0.2) is 17.6 Å². The largest absolute Gasteiger partial charge is 0.453 e. The van der Waals surface area contributed by atoms with Crippen molar-refractivity contribution in [2.75, 3.05) is 11.1 Å². The zero-order valence-electron chi connectivity index (χ0n) is 19.9. The van der Waals surface area contributed by atoms with Crippen LogP contribution in [-0.4, -0.2) is 50.1 Å². The maximum Gasteiger partial charge on any atom is 0.303 e. The highest BCUT2D eigenvalue weighted by Crippen LogP contribution is 2.39. The Morgan fingerprint density at radius 3 is 2.72 bits per heavy atom. The van der Waals surface area contributed by atoms with E-state index in [2.05, 4.69) is 20.5 Å². The number of hydrogen-bond donors (Lipinski definition) is 3. The number of amides is 1. The van der Waals surface area contributed by atoms with Gasteiger partial charge in [-0.2, -0.15) is 5.10 Å². The van der Waals surface area contributed by atoms with Gasteiger partial charge in [0.1, 0.15) is 6.33 Å². The molecular weight excluding hydrogens is 484 g/mol. The van der Waals surface area contributed by atoms with E-state index in [9.17, 15) is 14.7 Å². The van der Waals surface area contributed by atoms with Gasteiger partial charge in [0.05, 0.1) is 18.8 Å². The fraction of sp³-hybridized carbons (Fsp3) is 0.360. The van der Waals surface area contributed by atoms with Gasteiger partial charge in [-0.1, -0.05) is 48.2 Å². The molecular formula is C25H28N4O6S. The number of carbonyl (C=O) groups is 2. The number of benzene rings is 2. The molecule has 3 N–H and O–H groups in total. The first-order valence-corrected chi connectivity index (χ1v) is 12.5. The predicted octanol–water partition coefficient (Wildman–Crippen LogP) is 3.52. The molecule has 1 fully saturated rings. The first kappa shape index (κ1) is 25.8. The molecule has 4 rings (SSSR count). The highest BCUT2D eigenvalue weighted by atomic mass is 32.2. The number of carbonyl (C=O) groups excluding carboxylic acids is 2. The molecule has 1 aliphatic heterocycles. The van der Waals surface area contributed by atoms with Crippen LogP contribution < -0.4 is 5.32 Å². The summed E-state index contributed by atoms with van der Waals surface area (Å²) in [4.78, 5) is 27.7. The molecule has 2 heterocycles. The number of rotatable bonds is 9. The number of thioether (sulfide) groups is 1. The average molecular weight is 513 g/mol. The van der Waals surface area contributed by atoms with E-state index in [-0.39, 0.29) is 18.8 Å². The molecule has 1 aromatic heterocycles. The molecule has 0 bridgehead atoms. The molecule has 1 aliphatic rings. The summed E-state index contributed by atoms with van der Waals surface area (Å²) in [5.41, 5.74) is 3.08. The molecule has 1 saturated heterocycles. The van der Waals surface area contributed by atoms with Gasteiger partial charge in [0.2, 0.25) is 0 Å². The lowest BCUT2D eigenvalue weighted by Crippen LogP contribution is -2.31. The second kappa shape index (κ2) is 12.1. The third-order valence-corrected chi connectivity index (χ3v) is 6.56. The summed E-state index contributed by atoms with van der Waals surface area (Å²) in [5, 5.41) is 19.6. The Morgan fingerprint density at radius 2 is 2.03 bits per heavy atom. The fourth-order valence-corrected chi connectivity index (χ4v) is 4.57. The molecule has 11 heteroatoms. The number of H-pyrrole nitrogens is 1. The van der Waals surface area contributed by atoms with E-state index < -0.39 is 24.3 Å². The van der Waals surface area contributed by atoms with Gasteiger partial charge < -0.3 is 24.6 Å². The molecule has 0 radical (unpaired) electrons. The summed E-state index contributed by atoms with van der Waals surface area (Å²) in [6, 6.07) is 14.8. The van der Waals surface area contributed by atoms with E-state index in [1.807, 2.05) is 30.3 Å². The highest BCUT2D eigenvalue weighted by Gasteiger charge is 2.32. The summed E-state index contributed by atoms with van der Waals surface area (Å²) >= 11 is 1.51. The summed E-state index contributed by atoms with van der Waals surface area (Å²) < 4.78 is 17.6. The van der Waals surface area contributed by atoms with E-state index in [1.54, 1.807) is 18.2 Å². The summed E-state index contributed by atoms with van der Waals surface area (Å²) in [6.45, 7) is 2.74. The second-order valence-electron chi connectivity index (χ2n) is 8.32. The Kier molecular flexibility index (Phi) is 8.70. The first-order chi connectivity index (χ1) is 17.4. The molecule has 190 valence electrons. The van der Waals surface area contributed by atoms with Crippen LogP contribution in [0.1, 0.15) is 49.4 Å². The minimum absolute atomic E-state index is 0.0252. The maximum absolute atomic E-state index is 12.4. The van der Waals surface area contributed by atoms with Crippen molar-refractivity contribution in [2.24, 2.45) is 0 Å². The van der Waals surface area contributed by atoms with Crippen molar-refractivity contribution in [2.45, 2.75) is 56.6 Å². The number of aliphatic hydroxyl groups is 1. The van der Waals surface area contributed by atoms with Crippen molar-refractivity contribution in [1.29, 1.82) is 0 Å². The molecule has 0 aliphatic carbocycles. The lowest BCUT2D eigenvalue weighted by Gasteiger charge is -2.36. The van der Waals surface area contributed by atoms with Crippen molar-refractivity contribution >= 4 is 29.3 Å².